The average molecular weight is 734 g/mol. The summed E-state index contributed by atoms with van der Waals surface area (Å²) in [6.45, 7) is 0.383. The third-order valence-corrected chi connectivity index (χ3v) is 5.93. The first-order chi connectivity index (χ1) is 20.6. The Labute approximate surface area is 263 Å². The number of para-hydroxylation sites is 2. The summed E-state index contributed by atoms with van der Waals surface area (Å²) in [6.07, 6.45) is 10.3. The topological polar surface area (TPSA) is 106 Å². The van der Waals surface area contributed by atoms with Gasteiger partial charge in [-0.1, -0.05) is 72.5 Å². The number of nitrogens with zero attached hydrogens (tertiary/aromatic N) is 4. The van der Waals surface area contributed by atoms with Crippen LogP contribution in [0.4, 0.5) is 22.7 Å². The molecule has 208 valence electrons. The van der Waals surface area contributed by atoms with E-state index in [4.69, 9.17) is 22.3 Å². The van der Waals surface area contributed by atoms with Crippen molar-refractivity contribution in [3.8, 4) is 36.2 Å². The zero-order valence-corrected chi connectivity index (χ0v) is 25.6. The van der Waals surface area contributed by atoms with Crippen LogP contribution in [0.15, 0.2) is 107 Å². The van der Waals surface area contributed by atoms with Crippen molar-refractivity contribution in [2.75, 3.05) is 13.2 Å². The predicted molar refractivity (Wildman–Crippen MR) is 163 cm³/mol. The minimum Gasteiger partial charge on any atom is -0.621 e. The molecule has 9 heteroatoms. The summed E-state index contributed by atoms with van der Waals surface area (Å²) in [5.74, 6) is 5.38. The number of rotatable bonds is 6. The van der Waals surface area contributed by atoms with Gasteiger partial charge in [-0.15, -0.1) is 24.2 Å². The van der Waals surface area contributed by atoms with E-state index in [0.717, 1.165) is 11.1 Å². The minimum atomic E-state index is -0.328. The third-order valence-electron chi connectivity index (χ3n) is 5.93. The molecule has 0 N–H and O–H groups in total. The molecule has 0 radical (unpaired) electrons. The second-order valence-electron chi connectivity index (χ2n) is 8.77. The largest absolute Gasteiger partial charge is 2.00 e. The van der Waals surface area contributed by atoms with Crippen molar-refractivity contribution < 1.29 is 40.1 Å². The van der Waals surface area contributed by atoms with E-state index in [0.29, 0.717) is 45.7 Å². The van der Waals surface area contributed by atoms with Gasteiger partial charge in [-0.3, -0.25) is 0 Å². The van der Waals surface area contributed by atoms with Crippen molar-refractivity contribution in [1.82, 2.24) is 0 Å². The number of fused-ring (bicyclic) bond motifs is 2. The van der Waals surface area contributed by atoms with Crippen molar-refractivity contribution in [2.24, 2.45) is 9.98 Å². The molecule has 2 amide bonds. The minimum absolute atomic E-state index is 0. The van der Waals surface area contributed by atoms with Gasteiger partial charge in [0, 0.05) is 12.1 Å². The van der Waals surface area contributed by atoms with E-state index in [2.05, 4.69) is 32.5 Å². The second kappa shape index (κ2) is 14.5. The Hall–Kier alpha value is -5.43. The van der Waals surface area contributed by atoms with Crippen LogP contribution in [-0.2, 0) is 30.7 Å². The molecule has 43 heavy (non-hydrogen) atoms. The molecule has 2 aliphatic heterocycles. The van der Waals surface area contributed by atoms with Gasteiger partial charge < -0.3 is 29.7 Å². The fourth-order valence-corrected chi connectivity index (χ4v) is 4.11. The second-order valence-corrected chi connectivity index (χ2v) is 8.77. The van der Waals surface area contributed by atoms with Gasteiger partial charge in [-0.2, -0.15) is 0 Å². The van der Waals surface area contributed by atoms with E-state index >= 15 is 0 Å². The summed E-state index contributed by atoms with van der Waals surface area (Å²) in [4.78, 5) is 32.7. The van der Waals surface area contributed by atoms with Crippen LogP contribution in [0.25, 0.3) is 10.6 Å². The molecule has 4 aromatic carbocycles. The summed E-state index contributed by atoms with van der Waals surface area (Å²) in [6, 6.07) is 28.9. The molecule has 8 nitrogen and oxygen atoms in total. The van der Waals surface area contributed by atoms with Gasteiger partial charge in [0.1, 0.15) is 36.5 Å². The number of terminal acetylenes is 2. The summed E-state index contributed by atoms with van der Waals surface area (Å²) in [7, 11) is 0. The molecule has 0 unspecified atom stereocenters. The summed E-state index contributed by atoms with van der Waals surface area (Å²) in [5.41, 5.74) is 4.75. The predicted octanol–water partition coefficient (Wildman–Crippen LogP) is 6.73. The van der Waals surface area contributed by atoms with E-state index in [1.165, 1.54) is 0 Å². The summed E-state index contributed by atoms with van der Waals surface area (Å²) < 4.78 is 10.7. The molecule has 0 spiro atoms. The van der Waals surface area contributed by atoms with Crippen molar-refractivity contribution in [3.05, 3.63) is 119 Å². The van der Waals surface area contributed by atoms with Gasteiger partial charge in [-0.05, 0) is 35.4 Å². The summed E-state index contributed by atoms with van der Waals surface area (Å²) in [5, 5.41) is 7.95. The van der Waals surface area contributed by atoms with Gasteiger partial charge in [0.2, 0.25) is 0 Å². The van der Waals surface area contributed by atoms with Crippen LogP contribution in [0, 0.1) is 24.7 Å². The zero-order chi connectivity index (χ0) is 29.3. The first-order valence-corrected chi connectivity index (χ1v) is 12.8. The Balaban J connectivity index is 0.000000192. The SMILES string of the molecule is C#CCOc1cccc(N=C2C(=O)[N-]c3ccccc32)c1.C#CCOc1cccc(N=C2C(=O)[N-]c3ccccc32)c1.[W+2]. The quantitative estimate of drug-likeness (QED) is 0.205. The number of carbonyl (C=O) groups excluding carboxylic acids is 2. The van der Waals surface area contributed by atoms with Gasteiger partial charge in [0.05, 0.1) is 22.8 Å². The Kier molecular flexibility index (Phi) is 10.3. The molecule has 6 rings (SSSR count). The van der Waals surface area contributed by atoms with E-state index in [1.54, 1.807) is 60.7 Å². The standard InChI is InChI=1S/2C17H12N2O2.W/c2*1-2-10-21-13-7-5-6-12(11-13)18-16-14-8-3-4-9-15(14)19-17(16)20;/h2*1,3-9,11H,10H2,(H,18,19,20);/q;;+2/p-2. The molecular weight excluding hydrogens is 712 g/mol. The third kappa shape index (κ3) is 7.45. The smallest absolute Gasteiger partial charge is 0.621 e. The number of carbonyl (C=O) groups is 2. The number of hydrogen-bond acceptors (Lipinski definition) is 6. The van der Waals surface area contributed by atoms with Gasteiger partial charge in [0.25, 0.3) is 0 Å². The number of aliphatic imine (C=N–C) groups is 2. The fourth-order valence-electron chi connectivity index (χ4n) is 4.11. The summed E-state index contributed by atoms with van der Waals surface area (Å²) >= 11 is 0. The zero-order valence-electron chi connectivity index (χ0n) is 22.6. The van der Waals surface area contributed by atoms with Crippen molar-refractivity contribution in [2.45, 2.75) is 0 Å². The first-order valence-electron chi connectivity index (χ1n) is 12.8. The molecule has 2 aliphatic rings. The molecule has 0 fully saturated rings. The van der Waals surface area contributed by atoms with Gasteiger partial charge in [-0.25, -0.2) is 9.98 Å². The Morgan fingerprint density at radius 1 is 0.605 bits per heavy atom. The van der Waals surface area contributed by atoms with Crippen LogP contribution in [0.2, 0.25) is 0 Å². The van der Waals surface area contributed by atoms with E-state index in [1.807, 2.05) is 36.4 Å². The molecule has 0 bridgehead atoms. The molecule has 0 saturated heterocycles. The normalized spacial score (nSPS) is 14.1. The van der Waals surface area contributed by atoms with E-state index in [-0.39, 0.29) is 46.1 Å². The number of benzene rings is 4. The van der Waals surface area contributed by atoms with Crippen LogP contribution < -0.4 is 9.47 Å². The molecule has 0 atom stereocenters. The molecule has 4 aromatic rings. The molecular formula is C34H22N4O4W. The van der Waals surface area contributed by atoms with Gasteiger partial charge in [0.15, 0.2) is 0 Å². The van der Waals surface area contributed by atoms with Crippen LogP contribution >= 0.6 is 0 Å². The van der Waals surface area contributed by atoms with Crippen molar-refractivity contribution in [3.63, 3.8) is 0 Å². The Bertz CT molecular complexity index is 1680. The van der Waals surface area contributed by atoms with E-state index in [9.17, 15) is 9.59 Å². The average Bonchev–Trinajstić information content (AvgIpc) is 3.50. The van der Waals surface area contributed by atoms with Crippen molar-refractivity contribution >= 4 is 46.0 Å². The maximum Gasteiger partial charge on any atom is 2.00 e. The van der Waals surface area contributed by atoms with Crippen molar-refractivity contribution in [1.29, 1.82) is 0 Å². The monoisotopic (exact) mass is 734 g/mol. The Morgan fingerprint density at radius 3 is 1.44 bits per heavy atom. The number of amides is 2. The Morgan fingerprint density at radius 2 is 1.02 bits per heavy atom. The van der Waals surface area contributed by atoms with Crippen LogP contribution in [0.5, 0.6) is 11.5 Å². The molecule has 2 heterocycles. The van der Waals surface area contributed by atoms with Crippen LogP contribution in [0.1, 0.15) is 11.1 Å². The van der Waals surface area contributed by atoms with E-state index < -0.39 is 0 Å². The fraction of sp³-hybridized carbons (Fsp3) is 0.0588. The molecule has 0 aromatic heterocycles. The maximum atomic E-state index is 11.9. The number of hydrogen-bond donors (Lipinski definition) is 0. The first kappa shape index (κ1) is 30.5. The van der Waals surface area contributed by atoms with Gasteiger partial charge >= 0.3 is 21.1 Å². The molecule has 0 saturated carbocycles. The molecule has 0 aliphatic carbocycles. The number of ether oxygens (including phenoxy) is 2. The maximum absolute atomic E-state index is 11.9. The van der Waals surface area contributed by atoms with Crippen LogP contribution in [0.3, 0.4) is 0 Å². The van der Waals surface area contributed by atoms with Crippen LogP contribution in [-0.4, -0.2) is 36.5 Å².